The zero-order chi connectivity index (χ0) is 26.7. The van der Waals surface area contributed by atoms with Crippen LogP contribution in [0.3, 0.4) is 0 Å². The van der Waals surface area contributed by atoms with Crippen molar-refractivity contribution in [2.45, 2.75) is 64.9 Å². The van der Waals surface area contributed by atoms with Gasteiger partial charge in [0.2, 0.25) is 0 Å². The number of benzene rings is 3. The Kier molecular flexibility index (Phi) is 8.48. The van der Waals surface area contributed by atoms with Crippen LogP contribution in [0.4, 0.5) is 22.0 Å². The molecule has 3 aromatic rings. The van der Waals surface area contributed by atoms with Gasteiger partial charge >= 0.3 is 0 Å². The SMILES string of the molecule is CCCC(O)c1ccc(C2=CCC(CCc3ccc(-c4ccc(C)c(F)c4F)c(F)c3)CC2)c(F)c1F. The molecule has 4 rings (SSSR count). The van der Waals surface area contributed by atoms with Crippen molar-refractivity contribution in [3.8, 4) is 11.1 Å². The fourth-order valence-electron chi connectivity index (χ4n) is 5.05. The lowest BCUT2D eigenvalue weighted by Crippen LogP contribution is -2.09. The van der Waals surface area contributed by atoms with Gasteiger partial charge in [0.25, 0.3) is 0 Å². The van der Waals surface area contributed by atoms with Gasteiger partial charge in [-0.15, -0.1) is 0 Å². The van der Waals surface area contributed by atoms with Gasteiger partial charge in [0.05, 0.1) is 6.10 Å². The fraction of sp³-hybridized carbons (Fsp3) is 0.355. The Morgan fingerprint density at radius 3 is 2.24 bits per heavy atom. The van der Waals surface area contributed by atoms with Gasteiger partial charge in [0.1, 0.15) is 5.82 Å². The molecule has 0 aromatic heterocycles. The van der Waals surface area contributed by atoms with Gasteiger partial charge in [-0.2, -0.15) is 0 Å². The molecule has 0 aliphatic heterocycles. The lowest BCUT2D eigenvalue weighted by molar-refractivity contribution is 0.160. The van der Waals surface area contributed by atoms with Crippen molar-refractivity contribution in [1.82, 2.24) is 0 Å². The number of aliphatic hydroxyl groups is 1. The molecular formula is C31H31F5O. The molecule has 1 nitrogen and oxygen atoms in total. The zero-order valence-electron chi connectivity index (χ0n) is 21.1. The molecular weight excluding hydrogens is 483 g/mol. The maximum atomic E-state index is 14.8. The van der Waals surface area contributed by atoms with E-state index in [1.807, 2.05) is 13.0 Å². The summed E-state index contributed by atoms with van der Waals surface area (Å²) >= 11 is 0. The summed E-state index contributed by atoms with van der Waals surface area (Å²) in [5.41, 5.74) is 1.83. The first kappa shape index (κ1) is 27.1. The molecule has 0 spiro atoms. The molecule has 0 heterocycles. The molecule has 0 saturated heterocycles. The molecule has 0 fully saturated rings. The molecule has 196 valence electrons. The van der Waals surface area contributed by atoms with Crippen LogP contribution in [-0.2, 0) is 6.42 Å². The number of aliphatic hydroxyl groups excluding tert-OH is 1. The molecule has 0 saturated carbocycles. The third-order valence-electron chi connectivity index (χ3n) is 7.34. The Morgan fingerprint density at radius 1 is 0.865 bits per heavy atom. The fourth-order valence-corrected chi connectivity index (χ4v) is 5.05. The van der Waals surface area contributed by atoms with E-state index in [9.17, 15) is 27.1 Å². The van der Waals surface area contributed by atoms with Crippen LogP contribution in [0.2, 0.25) is 0 Å². The molecule has 37 heavy (non-hydrogen) atoms. The Hall–Kier alpha value is -2.99. The summed E-state index contributed by atoms with van der Waals surface area (Å²) in [5.74, 6) is -4.22. The molecule has 2 unspecified atom stereocenters. The molecule has 0 radical (unpaired) electrons. The van der Waals surface area contributed by atoms with Gasteiger partial charge in [-0.1, -0.05) is 55.8 Å². The molecule has 1 aliphatic rings. The number of rotatable bonds is 8. The first-order valence-corrected chi connectivity index (χ1v) is 12.8. The van der Waals surface area contributed by atoms with Gasteiger partial charge in [0, 0.05) is 22.3 Å². The minimum absolute atomic E-state index is 0.00844. The highest BCUT2D eigenvalue weighted by molar-refractivity contribution is 5.67. The summed E-state index contributed by atoms with van der Waals surface area (Å²) in [6, 6.07) is 10.4. The van der Waals surface area contributed by atoms with Crippen molar-refractivity contribution in [3.63, 3.8) is 0 Å². The number of hydrogen-bond acceptors (Lipinski definition) is 1. The van der Waals surface area contributed by atoms with E-state index in [2.05, 4.69) is 0 Å². The largest absolute Gasteiger partial charge is 0.388 e. The average molecular weight is 515 g/mol. The maximum absolute atomic E-state index is 14.8. The minimum Gasteiger partial charge on any atom is -0.388 e. The minimum atomic E-state index is -1.06. The molecule has 2 atom stereocenters. The summed E-state index contributed by atoms with van der Waals surface area (Å²) in [4.78, 5) is 0. The Balaban J connectivity index is 1.40. The van der Waals surface area contributed by atoms with E-state index in [1.54, 1.807) is 12.1 Å². The molecule has 0 bridgehead atoms. The first-order chi connectivity index (χ1) is 17.7. The summed E-state index contributed by atoms with van der Waals surface area (Å²) < 4.78 is 72.3. The van der Waals surface area contributed by atoms with Gasteiger partial charge in [-0.3, -0.25) is 0 Å². The van der Waals surface area contributed by atoms with Crippen LogP contribution >= 0.6 is 0 Å². The van der Waals surface area contributed by atoms with E-state index in [-0.39, 0.29) is 27.8 Å². The van der Waals surface area contributed by atoms with E-state index in [1.165, 1.54) is 37.3 Å². The van der Waals surface area contributed by atoms with Gasteiger partial charge in [-0.25, -0.2) is 22.0 Å². The zero-order valence-corrected chi connectivity index (χ0v) is 21.1. The van der Waals surface area contributed by atoms with Gasteiger partial charge in [0.15, 0.2) is 23.3 Å². The van der Waals surface area contributed by atoms with Crippen LogP contribution in [0.15, 0.2) is 48.5 Å². The molecule has 3 aromatic carbocycles. The highest BCUT2D eigenvalue weighted by Crippen LogP contribution is 2.36. The summed E-state index contributed by atoms with van der Waals surface area (Å²) in [6.07, 6.45) is 5.45. The van der Waals surface area contributed by atoms with Crippen molar-refractivity contribution in [1.29, 1.82) is 0 Å². The van der Waals surface area contributed by atoms with E-state index >= 15 is 0 Å². The van der Waals surface area contributed by atoms with Crippen LogP contribution in [0.25, 0.3) is 16.7 Å². The Bertz CT molecular complexity index is 1310. The third-order valence-corrected chi connectivity index (χ3v) is 7.34. The first-order valence-electron chi connectivity index (χ1n) is 12.8. The summed E-state index contributed by atoms with van der Waals surface area (Å²) in [5, 5.41) is 10.1. The van der Waals surface area contributed by atoms with Crippen LogP contribution in [0, 0.1) is 41.9 Å². The third kappa shape index (κ3) is 5.80. The lowest BCUT2D eigenvalue weighted by atomic mass is 9.83. The molecule has 0 amide bonds. The Labute approximate surface area is 214 Å². The van der Waals surface area contributed by atoms with Crippen molar-refractivity contribution in [2.75, 3.05) is 0 Å². The molecule has 1 N–H and O–H groups in total. The van der Waals surface area contributed by atoms with Crippen LogP contribution in [0.1, 0.15) is 73.8 Å². The van der Waals surface area contributed by atoms with E-state index in [0.717, 1.165) is 24.0 Å². The maximum Gasteiger partial charge on any atom is 0.167 e. The quantitative estimate of drug-likeness (QED) is 0.297. The summed E-state index contributed by atoms with van der Waals surface area (Å²) in [6.45, 7) is 3.32. The van der Waals surface area contributed by atoms with E-state index in [4.69, 9.17) is 0 Å². The van der Waals surface area contributed by atoms with E-state index < -0.39 is 35.2 Å². The van der Waals surface area contributed by atoms with Crippen LogP contribution in [0.5, 0.6) is 0 Å². The predicted octanol–water partition coefficient (Wildman–Crippen LogP) is 9.01. The number of halogens is 5. The lowest BCUT2D eigenvalue weighted by Gasteiger charge is -2.23. The highest BCUT2D eigenvalue weighted by Gasteiger charge is 2.23. The monoisotopic (exact) mass is 514 g/mol. The highest BCUT2D eigenvalue weighted by atomic mass is 19.2. The summed E-state index contributed by atoms with van der Waals surface area (Å²) in [7, 11) is 0. The van der Waals surface area contributed by atoms with Crippen LogP contribution < -0.4 is 0 Å². The average Bonchev–Trinajstić information content (AvgIpc) is 2.89. The van der Waals surface area contributed by atoms with Crippen LogP contribution in [-0.4, -0.2) is 5.11 Å². The van der Waals surface area contributed by atoms with Crippen molar-refractivity contribution >= 4 is 5.57 Å². The Morgan fingerprint density at radius 2 is 1.57 bits per heavy atom. The second-order valence-corrected chi connectivity index (χ2v) is 9.92. The van der Waals surface area contributed by atoms with Crippen molar-refractivity contribution in [3.05, 3.63) is 99.9 Å². The normalized spacial score (nSPS) is 16.5. The van der Waals surface area contributed by atoms with Crippen molar-refractivity contribution < 1.29 is 27.1 Å². The number of aryl methyl sites for hydroxylation is 2. The number of allylic oxidation sites excluding steroid dienone is 2. The second-order valence-electron chi connectivity index (χ2n) is 9.92. The second kappa shape index (κ2) is 11.6. The van der Waals surface area contributed by atoms with Gasteiger partial charge < -0.3 is 5.11 Å². The molecule has 1 aliphatic carbocycles. The van der Waals surface area contributed by atoms with Crippen molar-refractivity contribution in [2.24, 2.45) is 5.92 Å². The predicted molar refractivity (Wildman–Crippen MR) is 136 cm³/mol. The number of hydrogen-bond donors (Lipinski definition) is 1. The van der Waals surface area contributed by atoms with Gasteiger partial charge in [-0.05, 0) is 74.1 Å². The standard InChI is InChI=1S/C31H31F5O/c1-3-4-27(37)25-16-15-22(29(34)31(25)36)21-11-8-19(9-12-21)6-7-20-10-14-23(26(32)17-20)24-13-5-18(2)28(33)30(24)35/h5,10-11,13-17,19,27,37H,3-4,6-9,12H2,1-2H3. The smallest absolute Gasteiger partial charge is 0.167 e. The van der Waals surface area contributed by atoms with E-state index in [0.29, 0.717) is 38.0 Å². The topological polar surface area (TPSA) is 20.2 Å². The molecule has 6 heteroatoms.